The van der Waals surface area contributed by atoms with E-state index in [2.05, 4.69) is 15.3 Å². The maximum Gasteiger partial charge on any atom is 0.141 e. The Morgan fingerprint density at radius 3 is 2.65 bits per heavy atom. The molecule has 3 nitrogen and oxygen atoms in total. The Morgan fingerprint density at radius 2 is 2.00 bits per heavy atom. The number of benzene rings is 1. The van der Waals surface area contributed by atoms with Crippen LogP contribution in [0.2, 0.25) is 0 Å². The predicted octanol–water partition coefficient (Wildman–Crippen LogP) is 3.83. The van der Waals surface area contributed by atoms with Crippen LogP contribution in [0.1, 0.15) is 30.3 Å². The van der Waals surface area contributed by atoms with Crippen LogP contribution >= 0.6 is 11.8 Å². The van der Waals surface area contributed by atoms with Gasteiger partial charge in [0.25, 0.3) is 0 Å². The van der Waals surface area contributed by atoms with E-state index in [9.17, 15) is 4.39 Å². The summed E-state index contributed by atoms with van der Waals surface area (Å²) in [7, 11) is 1.87. The van der Waals surface area contributed by atoms with Gasteiger partial charge in [0.1, 0.15) is 17.5 Å². The highest BCUT2D eigenvalue weighted by Crippen LogP contribution is 2.39. The number of thioether (sulfide) groups is 1. The van der Waals surface area contributed by atoms with Gasteiger partial charge in [0.2, 0.25) is 0 Å². The Labute approximate surface area is 122 Å². The second kappa shape index (κ2) is 5.79. The van der Waals surface area contributed by atoms with Crippen LogP contribution in [0.3, 0.4) is 0 Å². The second-order valence-corrected chi connectivity index (χ2v) is 5.91. The molecular weight excluding hydrogens is 273 g/mol. The van der Waals surface area contributed by atoms with Gasteiger partial charge >= 0.3 is 0 Å². The van der Waals surface area contributed by atoms with E-state index in [-0.39, 0.29) is 5.82 Å². The summed E-state index contributed by atoms with van der Waals surface area (Å²) in [5.41, 5.74) is 1.14. The average molecular weight is 289 g/mol. The standard InChI is InChI=1S/C15H16FN3S/c1-17-14-8-13(10-2-3-10)18-15(19-14)9-20-12-6-4-11(16)5-7-12/h4-8,10H,2-3,9H2,1H3,(H,17,18,19). The molecule has 0 bridgehead atoms. The van der Waals surface area contributed by atoms with Crippen molar-refractivity contribution in [2.45, 2.75) is 29.4 Å². The number of halogens is 1. The minimum atomic E-state index is -0.209. The summed E-state index contributed by atoms with van der Waals surface area (Å²) in [5.74, 6) is 2.80. The molecule has 0 amide bonds. The lowest BCUT2D eigenvalue weighted by molar-refractivity contribution is 0.626. The fourth-order valence-electron chi connectivity index (χ4n) is 1.98. The molecule has 0 atom stereocenters. The van der Waals surface area contributed by atoms with Crippen molar-refractivity contribution in [3.05, 3.63) is 47.7 Å². The van der Waals surface area contributed by atoms with Crippen LogP contribution in [-0.2, 0) is 5.75 Å². The fraction of sp³-hybridized carbons (Fsp3) is 0.333. The van der Waals surface area contributed by atoms with Crippen LogP contribution in [0, 0.1) is 5.82 Å². The maximum absolute atomic E-state index is 12.9. The summed E-state index contributed by atoms with van der Waals surface area (Å²) in [6, 6.07) is 8.54. The molecule has 1 N–H and O–H groups in total. The van der Waals surface area contributed by atoms with Crippen molar-refractivity contribution < 1.29 is 4.39 Å². The zero-order valence-corrected chi connectivity index (χ0v) is 12.1. The first kappa shape index (κ1) is 13.4. The lowest BCUT2D eigenvalue weighted by atomic mass is 10.3. The zero-order chi connectivity index (χ0) is 13.9. The smallest absolute Gasteiger partial charge is 0.141 e. The molecule has 1 saturated carbocycles. The normalized spacial score (nSPS) is 14.3. The molecule has 5 heteroatoms. The van der Waals surface area contributed by atoms with Gasteiger partial charge < -0.3 is 5.32 Å². The van der Waals surface area contributed by atoms with Crippen LogP contribution in [-0.4, -0.2) is 17.0 Å². The minimum Gasteiger partial charge on any atom is -0.373 e. The number of nitrogens with zero attached hydrogens (tertiary/aromatic N) is 2. The Balaban J connectivity index is 1.72. The van der Waals surface area contributed by atoms with Crippen molar-refractivity contribution in [3.63, 3.8) is 0 Å². The van der Waals surface area contributed by atoms with Crippen molar-refractivity contribution >= 4 is 17.6 Å². The molecule has 1 aliphatic carbocycles. The Bertz CT molecular complexity index is 597. The molecule has 1 heterocycles. The van der Waals surface area contributed by atoms with Gasteiger partial charge in [0.05, 0.1) is 5.75 Å². The van der Waals surface area contributed by atoms with Crippen molar-refractivity contribution in [2.75, 3.05) is 12.4 Å². The highest BCUT2D eigenvalue weighted by Gasteiger charge is 2.26. The van der Waals surface area contributed by atoms with Crippen LogP contribution in [0.25, 0.3) is 0 Å². The van der Waals surface area contributed by atoms with Crippen LogP contribution in [0.4, 0.5) is 10.2 Å². The van der Waals surface area contributed by atoms with E-state index in [0.717, 1.165) is 22.2 Å². The van der Waals surface area contributed by atoms with Crippen LogP contribution in [0.5, 0.6) is 0 Å². The third kappa shape index (κ3) is 3.28. The third-order valence-electron chi connectivity index (χ3n) is 3.23. The number of hydrogen-bond donors (Lipinski definition) is 1. The molecule has 3 rings (SSSR count). The van der Waals surface area contributed by atoms with E-state index in [0.29, 0.717) is 11.7 Å². The van der Waals surface area contributed by atoms with Gasteiger partial charge in [0.15, 0.2) is 0 Å². The minimum absolute atomic E-state index is 0.209. The fourth-order valence-corrected chi connectivity index (χ4v) is 2.73. The largest absolute Gasteiger partial charge is 0.373 e. The van der Waals surface area contributed by atoms with Crippen LogP contribution < -0.4 is 5.32 Å². The topological polar surface area (TPSA) is 37.8 Å². The van der Waals surface area contributed by atoms with E-state index in [1.165, 1.54) is 25.0 Å². The maximum atomic E-state index is 12.9. The first-order valence-corrected chi connectivity index (χ1v) is 7.67. The first-order chi connectivity index (χ1) is 9.74. The second-order valence-electron chi connectivity index (χ2n) is 4.86. The number of anilines is 1. The molecule has 0 radical (unpaired) electrons. The van der Waals surface area contributed by atoms with Gasteiger partial charge in [-0.05, 0) is 37.1 Å². The summed E-state index contributed by atoms with van der Waals surface area (Å²) in [4.78, 5) is 10.1. The zero-order valence-electron chi connectivity index (χ0n) is 11.3. The molecule has 0 aliphatic heterocycles. The molecule has 1 aromatic heterocycles. The van der Waals surface area contributed by atoms with Gasteiger partial charge in [-0.3, -0.25) is 0 Å². The number of rotatable bonds is 5. The molecule has 104 valence electrons. The van der Waals surface area contributed by atoms with Crippen molar-refractivity contribution in [3.8, 4) is 0 Å². The molecular formula is C15H16FN3S. The molecule has 1 fully saturated rings. The molecule has 2 aromatic rings. The molecule has 0 saturated heterocycles. The SMILES string of the molecule is CNc1cc(C2CC2)nc(CSc2ccc(F)cc2)n1. The lowest BCUT2D eigenvalue weighted by Crippen LogP contribution is -2.02. The van der Waals surface area contributed by atoms with E-state index in [1.54, 1.807) is 23.9 Å². The third-order valence-corrected chi connectivity index (χ3v) is 4.23. The molecule has 1 aliphatic rings. The van der Waals surface area contributed by atoms with Gasteiger partial charge in [-0.2, -0.15) is 0 Å². The number of hydrogen-bond acceptors (Lipinski definition) is 4. The molecule has 1 aromatic carbocycles. The van der Waals surface area contributed by atoms with Gasteiger partial charge in [-0.25, -0.2) is 14.4 Å². The number of nitrogens with one attached hydrogen (secondary N) is 1. The Morgan fingerprint density at radius 1 is 1.25 bits per heavy atom. The summed E-state index contributed by atoms with van der Waals surface area (Å²) < 4.78 is 12.9. The van der Waals surface area contributed by atoms with Crippen molar-refractivity contribution in [1.29, 1.82) is 0 Å². The van der Waals surface area contributed by atoms with Gasteiger partial charge in [0, 0.05) is 29.6 Å². The van der Waals surface area contributed by atoms with E-state index in [4.69, 9.17) is 0 Å². The summed E-state index contributed by atoms with van der Waals surface area (Å²) in [5, 5.41) is 3.09. The molecule has 0 spiro atoms. The first-order valence-electron chi connectivity index (χ1n) is 6.68. The monoisotopic (exact) mass is 289 g/mol. The van der Waals surface area contributed by atoms with Crippen LogP contribution in [0.15, 0.2) is 35.2 Å². The quantitative estimate of drug-likeness (QED) is 0.849. The van der Waals surface area contributed by atoms with Crippen molar-refractivity contribution in [1.82, 2.24) is 9.97 Å². The van der Waals surface area contributed by atoms with E-state index in [1.807, 2.05) is 13.1 Å². The average Bonchev–Trinajstić information content (AvgIpc) is 3.31. The van der Waals surface area contributed by atoms with Gasteiger partial charge in [-0.15, -0.1) is 11.8 Å². The lowest BCUT2D eigenvalue weighted by Gasteiger charge is -2.07. The predicted molar refractivity (Wildman–Crippen MR) is 79.5 cm³/mol. The van der Waals surface area contributed by atoms with Crippen molar-refractivity contribution in [2.24, 2.45) is 0 Å². The molecule has 20 heavy (non-hydrogen) atoms. The highest BCUT2D eigenvalue weighted by molar-refractivity contribution is 7.98. The summed E-state index contributed by atoms with van der Waals surface area (Å²) in [6.45, 7) is 0. The van der Waals surface area contributed by atoms with E-state index >= 15 is 0 Å². The molecule has 0 unspecified atom stereocenters. The summed E-state index contributed by atoms with van der Waals surface area (Å²) >= 11 is 1.62. The Hall–Kier alpha value is -1.62. The highest BCUT2D eigenvalue weighted by atomic mass is 32.2. The van der Waals surface area contributed by atoms with Gasteiger partial charge in [-0.1, -0.05) is 0 Å². The van der Waals surface area contributed by atoms with E-state index < -0.39 is 0 Å². The Kier molecular flexibility index (Phi) is 3.87. The number of aromatic nitrogens is 2. The summed E-state index contributed by atoms with van der Waals surface area (Å²) in [6.07, 6.45) is 2.45.